The largest absolute Gasteiger partial charge is 0.373 e. The van der Waals surface area contributed by atoms with Crippen LogP contribution in [0.4, 0.5) is 0 Å². The molecule has 0 spiro atoms. The second kappa shape index (κ2) is 7.29. The van der Waals surface area contributed by atoms with Crippen LogP contribution in [0.3, 0.4) is 0 Å². The van der Waals surface area contributed by atoms with Crippen molar-refractivity contribution in [3.05, 3.63) is 35.4 Å². The number of hydrogen-bond donors (Lipinski definition) is 1. The molecule has 1 heterocycles. The monoisotopic (exact) mass is 380 g/mol. The number of carbonyl (C=O) groups excluding carboxylic acids is 1. The van der Waals surface area contributed by atoms with E-state index < -0.39 is 21.3 Å². The van der Waals surface area contributed by atoms with Crippen molar-refractivity contribution >= 4 is 15.7 Å². The number of ether oxygens (including phenoxy) is 1. The Balaban J connectivity index is 1.90. The number of nitrogens with zero attached hydrogens (tertiary/aromatic N) is 1. The molecular weight excluding hydrogens is 352 g/mol. The van der Waals surface area contributed by atoms with Crippen molar-refractivity contribution in [2.45, 2.75) is 24.9 Å². The molecule has 1 aliphatic heterocycles. The number of rotatable bonds is 6. The van der Waals surface area contributed by atoms with E-state index in [0.29, 0.717) is 12.1 Å². The average molecular weight is 381 g/mol. The summed E-state index contributed by atoms with van der Waals surface area (Å²) < 4.78 is 29.2. The van der Waals surface area contributed by atoms with E-state index in [2.05, 4.69) is 4.90 Å². The number of primary amides is 1. The van der Waals surface area contributed by atoms with Gasteiger partial charge in [-0.05, 0) is 30.5 Å². The molecule has 1 amide bonds. The van der Waals surface area contributed by atoms with E-state index in [1.165, 1.54) is 6.26 Å². The fourth-order valence-corrected chi connectivity index (χ4v) is 5.43. The van der Waals surface area contributed by atoms with Crippen molar-refractivity contribution < 1.29 is 17.9 Å². The Hall–Kier alpha value is -1.44. The van der Waals surface area contributed by atoms with Gasteiger partial charge in [-0.3, -0.25) is 4.79 Å². The number of nitrogens with two attached hydrogens (primary N) is 1. The number of methoxy groups -OCH3 is 1. The summed E-state index contributed by atoms with van der Waals surface area (Å²) in [6.45, 7) is 2.17. The Kier molecular flexibility index (Phi) is 5.42. The molecule has 2 bridgehead atoms. The van der Waals surface area contributed by atoms with Crippen LogP contribution in [0.25, 0.3) is 0 Å². The Bertz CT molecular complexity index is 763. The van der Waals surface area contributed by atoms with Gasteiger partial charge in [-0.15, -0.1) is 0 Å². The maximum absolute atomic E-state index is 11.6. The van der Waals surface area contributed by atoms with Crippen molar-refractivity contribution in [3.8, 4) is 0 Å². The summed E-state index contributed by atoms with van der Waals surface area (Å²) in [7, 11) is -1.23. The molecule has 3 rings (SSSR count). The molecule has 7 heteroatoms. The standard InChI is InChI=1S/C19H28N2O4S/c1-25-19(15-6-3-5-14(11-15)18(20)22)16-7-4-8-17(19)13-21(12-16)9-10-26(2,23)24/h3,5-6,11,16-17H,4,7-10,12-13H2,1-2H3,(H2,20,22). The Morgan fingerprint density at radius 2 is 1.96 bits per heavy atom. The van der Waals surface area contributed by atoms with Crippen molar-refractivity contribution in [1.82, 2.24) is 4.90 Å². The SMILES string of the molecule is COC1(c2cccc(C(N)=O)c2)C2CCCC1CN(CCS(C)(=O)=O)C2. The van der Waals surface area contributed by atoms with E-state index in [4.69, 9.17) is 10.5 Å². The third-order valence-electron chi connectivity index (χ3n) is 5.99. The van der Waals surface area contributed by atoms with Crippen molar-refractivity contribution in [3.63, 3.8) is 0 Å². The Labute approximate surface area is 155 Å². The van der Waals surface area contributed by atoms with Crippen LogP contribution in [-0.4, -0.2) is 58.0 Å². The van der Waals surface area contributed by atoms with Gasteiger partial charge in [-0.25, -0.2) is 8.42 Å². The maximum Gasteiger partial charge on any atom is 0.248 e. The van der Waals surface area contributed by atoms with Crippen LogP contribution in [-0.2, 0) is 20.2 Å². The fourth-order valence-electron chi connectivity index (χ4n) is 4.84. The summed E-state index contributed by atoms with van der Waals surface area (Å²) >= 11 is 0. The van der Waals surface area contributed by atoms with Crippen molar-refractivity contribution in [1.29, 1.82) is 0 Å². The number of benzene rings is 1. The zero-order valence-electron chi connectivity index (χ0n) is 15.5. The van der Waals surface area contributed by atoms with Gasteiger partial charge in [0, 0.05) is 50.4 Å². The summed E-state index contributed by atoms with van der Waals surface area (Å²) in [6.07, 6.45) is 4.49. The van der Waals surface area contributed by atoms with E-state index in [0.717, 1.165) is 37.9 Å². The molecule has 144 valence electrons. The molecule has 1 aliphatic carbocycles. The lowest BCUT2D eigenvalue weighted by Gasteiger charge is -2.55. The van der Waals surface area contributed by atoms with Gasteiger partial charge in [-0.2, -0.15) is 0 Å². The second-order valence-corrected chi connectivity index (χ2v) is 9.92. The molecule has 0 aromatic heterocycles. The molecule has 1 aromatic rings. The first-order valence-electron chi connectivity index (χ1n) is 9.12. The molecule has 6 nitrogen and oxygen atoms in total. The average Bonchev–Trinajstić information content (AvgIpc) is 2.58. The lowest BCUT2D eigenvalue weighted by Crippen LogP contribution is -2.59. The first-order chi connectivity index (χ1) is 12.3. The molecule has 2 atom stereocenters. The van der Waals surface area contributed by atoms with E-state index in [1.807, 2.05) is 18.2 Å². The molecular formula is C19H28N2O4S. The molecule has 1 aromatic carbocycles. The zero-order valence-corrected chi connectivity index (χ0v) is 16.3. The van der Waals surface area contributed by atoms with Crippen molar-refractivity contribution in [2.24, 2.45) is 17.6 Å². The molecule has 1 saturated carbocycles. The van der Waals surface area contributed by atoms with Crippen LogP contribution in [0.2, 0.25) is 0 Å². The van der Waals surface area contributed by atoms with E-state index in [1.54, 1.807) is 13.2 Å². The lowest BCUT2D eigenvalue weighted by molar-refractivity contribution is -0.168. The van der Waals surface area contributed by atoms with Crippen LogP contribution in [0.1, 0.15) is 35.2 Å². The first-order valence-corrected chi connectivity index (χ1v) is 11.2. The minimum atomic E-state index is -2.97. The number of likely N-dealkylation sites (tertiary alicyclic amines) is 1. The van der Waals surface area contributed by atoms with Gasteiger partial charge in [0.15, 0.2) is 0 Å². The van der Waals surface area contributed by atoms with Crippen molar-refractivity contribution in [2.75, 3.05) is 38.8 Å². The third kappa shape index (κ3) is 3.66. The lowest BCUT2D eigenvalue weighted by atomic mass is 9.62. The molecule has 1 saturated heterocycles. The highest BCUT2D eigenvalue weighted by Gasteiger charge is 2.53. The summed E-state index contributed by atoms with van der Waals surface area (Å²) in [5.74, 6) is 0.281. The molecule has 2 unspecified atom stereocenters. The van der Waals surface area contributed by atoms with E-state index >= 15 is 0 Å². The molecule has 0 radical (unpaired) electrons. The minimum absolute atomic E-state index is 0.184. The smallest absolute Gasteiger partial charge is 0.248 e. The predicted octanol–water partition coefficient (Wildman–Crippen LogP) is 1.40. The number of carbonyl (C=O) groups is 1. The van der Waals surface area contributed by atoms with E-state index in [9.17, 15) is 13.2 Å². The number of fused-ring (bicyclic) bond motifs is 2. The number of hydrogen-bond acceptors (Lipinski definition) is 5. The number of piperidine rings is 1. The van der Waals surface area contributed by atoms with Crippen LogP contribution >= 0.6 is 0 Å². The summed E-state index contributed by atoms with van der Waals surface area (Å²) in [6, 6.07) is 7.48. The maximum atomic E-state index is 11.6. The number of sulfone groups is 1. The summed E-state index contributed by atoms with van der Waals surface area (Å²) in [5.41, 5.74) is 6.54. The highest BCUT2D eigenvalue weighted by Crippen LogP contribution is 2.51. The van der Waals surface area contributed by atoms with Crippen LogP contribution in [0.5, 0.6) is 0 Å². The fraction of sp³-hybridized carbons (Fsp3) is 0.632. The highest BCUT2D eigenvalue weighted by atomic mass is 32.2. The normalized spacial score (nSPS) is 29.5. The second-order valence-electron chi connectivity index (χ2n) is 7.66. The van der Waals surface area contributed by atoms with Gasteiger partial charge < -0.3 is 15.4 Å². The predicted molar refractivity (Wildman–Crippen MR) is 101 cm³/mol. The topological polar surface area (TPSA) is 89.7 Å². The van der Waals surface area contributed by atoms with E-state index in [-0.39, 0.29) is 17.6 Å². The number of amides is 1. The summed E-state index contributed by atoms with van der Waals surface area (Å²) in [5, 5.41) is 0. The minimum Gasteiger partial charge on any atom is -0.373 e. The first kappa shape index (κ1) is 19.3. The Morgan fingerprint density at radius 3 is 2.50 bits per heavy atom. The van der Waals surface area contributed by atoms with Crippen LogP contribution in [0, 0.1) is 11.8 Å². The van der Waals surface area contributed by atoms with Gasteiger partial charge in [-0.1, -0.05) is 18.6 Å². The van der Waals surface area contributed by atoms with Gasteiger partial charge in [0.2, 0.25) is 5.91 Å². The van der Waals surface area contributed by atoms with Crippen LogP contribution < -0.4 is 5.73 Å². The summed E-state index contributed by atoms with van der Waals surface area (Å²) in [4.78, 5) is 13.9. The van der Waals surface area contributed by atoms with Crippen LogP contribution in [0.15, 0.2) is 24.3 Å². The Morgan fingerprint density at radius 1 is 1.31 bits per heavy atom. The molecule has 2 fully saturated rings. The van der Waals surface area contributed by atoms with Gasteiger partial charge in [0.1, 0.15) is 15.4 Å². The van der Waals surface area contributed by atoms with Gasteiger partial charge in [0.05, 0.1) is 5.75 Å². The zero-order chi connectivity index (χ0) is 18.9. The third-order valence-corrected chi connectivity index (χ3v) is 6.91. The van der Waals surface area contributed by atoms with Gasteiger partial charge in [0.25, 0.3) is 0 Å². The highest BCUT2D eigenvalue weighted by molar-refractivity contribution is 7.90. The molecule has 2 aliphatic rings. The molecule has 2 N–H and O–H groups in total. The quantitative estimate of drug-likeness (QED) is 0.806. The van der Waals surface area contributed by atoms with Gasteiger partial charge >= 0.3 is 0 Å². The molecule has 26 heavy (non-hydrogen) atoms.